The van der Waals surface area contributed by atoms with E-state index in [0.717, 1.165) is 18.7 Å². The van der Waals surface area contributed by atoms with Gasteiger partial charge in [-0.1, -0.05) is 13.8 Å². The summed E-state index contributed by atoms with van der Waals surface area (Å²) in [7, 11) is 0. The highest BCUT2D eigenvalue weighted by Gasteiger charge is 2.22. The van der Waals surface area contributed by atoms with Crippen molar-refractivity contribution in [1.29, 1.82) is 0 Å². The van der Waals surface area contributed by atoms with Crippen LogP contribution in [0.25, 0.3) is 5.65 Å². The molecule has 2 aromatic rings. The van der Waals surface area contributed by atoms with Crippen LogP contribution >= 0.6 is 0 Å². The van der Waals surface area contributed by atoms with Crippen LogP contribution in [0.5, 0.6) is 0 Å². The van der Waals surface area contributed by atoms with Crippen molar-refractivity contribution >= 4 is 11.5 Å². The second-order valence-corrected chi connectivity index (χ2v) is 5.80. The number of pyridine rings is 1. The van der Waals surface area contributed by atoms with E-state index in [1.54, 1.807) is 6.33 Å². The topological polar surface area (TPSA) is 33.4 Å². The zero-order valence-corrected chi connectivity index (χ0v) is 12.1. The van der Waals surface area contributed by atoms with Crippen LogP contribution in [-0.2, 0) is 0 Å². The minimum Gasteiger partial charge on any atom is -0.356 e. The average Bonchev–Trinajstić information content (AvgIpc) is 2.85. The Hall–Kier alpha value is -1.58. The number of aromatic nitrogens is 3. The lowest BCUT2D eigenvalue weighted by atomic mass is 9.97. The lowest BCUT2D eigenvalue weighted by Gasteiger charge is -2.32. The smallest absolute Gasteiger partial charge is 0.157 e. The van der Waals surface area contributed by atoms with Gasteiger partial charge in [0.05, 0.1) is 0 Å². The number of hydrogen-bond donors (Lipinski definition) is 0. The first-order valence-corrected chi connectivity index (χ1v) is 7.26. The normalized spacial score (nSPS) is 16.5. The fraction of sp³-hybridized carbons (Fsp3) is 0.600. The number of aryl methyl sites for hydroxylation is 1. The first-order chi connectivity index (χ1) is 9.18. The van der Waals surface area contributed by atoms with E-state index in [0.29, 0.717) is 5.92 Å². The minimum absolute atomic E-state index is 0.505. The molecule has 2 aromatic heterocycles. The maximum absolute atomic E-state index is 4.44. The van der Waals surface area contributed by atoms with Crippen LogP contribution in [0.4, 0.5) is 5.82 Å². The summed E-state index contributed by atoms with van der Waals surface area (Å²) in [6, 6.07) is 2.15. The SMILES string of the molecule is Cc1cc2ncnn2c(N2CCCCC2)c1C(C)C. The lowest BCUT2D eigenvalue weighted by Crippen LogP contribution is -2.32. The van der Waals surface area contributed by atoms with E-state index >= 15 is 0 Å². The van der Waals surface area contributed by atoms with Crippen LogP contribution in [-0.4, -0.2) is 27.7 Å². The summed E-state index contributed by atoms with van der Waals surface area (Å²) in [6.45, 7) is 8.99. The number of piperidine rings is 1. The number of anilines is 1. The highest BCUT2D eigenvalue weighted by molar-refractivity contribution is 5.60. The zero-order chi connectivity index (χ0) is 13.4. The summed E-state index contributed by atoms with van der Waals surface area (Å²) < 4.78 is 2.02. The molecule has 0 amide bonds. The van der Waals surface area contributed by atoms with E-state index in [1.165, 1.54) is 36.2 Å². The van der Waals surface area contributed by atoms with Gasteiger partial charge in [-0.25, -0.2) is 4.98 Å². The molecule has 1 fully saturated rings. The van der Waals surface area contributed by atoms with E-state index in [9.17, 15) is 0 Å². The van der Waals surface area contributed by atoms with Gasteiger partial charge in [-0.15, -0.1) is 0 Å². The predicted molar refractivity (Wildman–Crippen MR) is 77.9 cm³/mol. The van der Waals surface area contributed by atoms with E-state index < -0.39 is 0 Å². The Morgan fingerprint density at radius 1 is 1.16 bits per heavy atom. The van der Waals surface area contributed by atoms with Crippen molar-refractivity contribution in [2.75, 3.05) is 18.0 Å². The van der Waals surface area contributed by atoms with Crippen LogP contribution in [0.15, 0.2) is 12.4 Å². The fourth-order valence-electron chi connectivity index (χ4n) is 3.20. The average molecular weight is 258 g/mol. The Morgan fingerprint density at radius 3 is 2.58 bits per heavy atom. The molecule has 0 bridgehead atoms. The van der Waals surface area contributed by atoms with E-state index in [-0.39, 0.29) is 0 Å². The van der Waals surface area contributed by atoms with Crippen molar-refractivity contribution in [3.63, 3.8) is 0 Å². The van der Waals surface area contributed by atoms with Gasteiger partial charge in [0.1, 0.15) is 12.1 Å². The van der Waals surface area contributed by atoms with Crippen molar-refractivity contribution in [1.82, 2.24) is 14.6 Å². The number of nitrogens with zero attached hydrogens (tertiary/aromatic N) is 4. The van der Waals surface area contributed by atoms with Gasteiger partial charge < -0.3 is 4.90 Å². The molecule has 4 heteroatoms. The molecular weight excluding hydrogens is 236 g/mol. The van der Waals surface area contributed by atoms with Gasteiger partial charge in [-0.05, 0) is 43.7 Å². The summed E-state index contributed by atoms with van der Waals surface area (Å²) in [5.41, 5.74) is 3.71. The summed E-state index contributed by atoms with van der Waals surface area (Å²) in [5.74, 6) is 1.77. The van der Waals surface area contributed by atoms with Crippen molar-refractivity contribution in [3.8, 4) is 0 Å². The molecule has 102 valence electrons. The van der Waals surface area contributed by atoms with Crippen LogP contribution in [0.2, 0.25) is 0 Å². The summed E-state index contributed by atoms with van der Waals surface area (Å²) in [6.07, 6.45) is 5.56. The maximum Gasteiger partial charge on any atom is 0.157 e. The zero-order valence-electron chi connectivity index (χ0n) is 12.1. The molecule has 0 atom stereocenters. The molecule has 1 aliphatic rings. The molecule has 0 aromatic carbocycles. The molecule has 1 aliphatic heterocycles. The Labute approximate surface area is 114 Å². The summed E-state index contributed by atoms with van der Waals surface area (Å²) in [5, 5.41) is 4.44. The monoisotopic (exact) mass is 258 g/mol. The molecule has 0 saturated carbocycles. The second-order valence-electron chi connectivity index (χ2n) is 5.80. The Balaban J connectivity index is 2.22. The van der Waals surface area contributed by atoms with Crippen molar-refractivity contribution in [2.24, 2.45) is 0 Å². The molecule has 0 aliphatic carbocycles. The third kappa shape index (κ3) is 2.09. The number of rotatable bonds is 2. The van der Waals surface area contributed by atoms with Gasteiger partial charge in [0.25, 0.3) is 0 Å². The van der Waals surface area contributed by atoms with E-state index in [1.807, 2.05) is 4.52 Å². The van der Waals surface area contributed by atoms with Crippen LogP contribution in [0.1, 0.15) is 50.2 Å². The van der Waals surface area contributed by atoms with Gasteiger partial charge in [-0.3, -0.25) is 0 Å². The highest BCUT2D eigenvalue weighted by Crippen LogP contribution is 2.32. The van der Waals surface area contributed by atoms with Gasteiger partial charge in [0.15, 0.2) is 5.65 Å². The first kappa shape index (κ1) is 12.5. The third-order valence-electron chi connectivity index (χ3n) is 4.02. The largest absolute Gasteiger partial charge is 0.356 e. The van der Waals surface area contributed by atoms with E-state index in [2.05, 4.69) is 41.8 Å². The molecule has 0 N–H and O–H groups in total. The minimum atomic E-state index is 0.505. The third-order valence-corrected chi connectivity index (χ3v) is 4.02. The molecular formula is C15H22N4. The molecule has 1 saturated heterocycles. The van der Waals surface area contributed by atoms with Gasteiger partial charge in [0.2, 0.25) is 0 Å². The number of hydrogen-bond acceptors (Lipinski definition) is 3. The highest BCUT2D eigenvalue weighted by atomic mass is 15.4. The van der Waals surface area contributed by atoms with Gasteiger partial charge >= 0.3 is 0 Å². The van der Waals surface area contributed by atoms with Crippen LogP contribution in [0.3, 0.4) is 0 Å². The van der Waals surface area contributed by atoms with Crippen LogP contribution in [0, 0.1) is 6.92 Å². The molecule has 3 heterocycles. The molecule has 4 nitrogen and oxygen atoms in total. The first-order valence-electron chi connectivity index (χ1n) is 7.26. The summed E-state index contributed by atoms with van der Waals surface area (Å²) in [4.78, 5) is 6.85. The van der Waals surface area contributed by atoms with Crippen molar-refractivity contribution in [3.05, 3.63) is 23.5 Å². The van der Waals surface area contributed by atoms with E-state index in [4.69, 9.17) is 0 Å². The Bertz CT molecular complexity index is 579. The molecule has 0 unspecified atom stereocenters. The quantitative estimate of drug-likeness (QED) is 0.829. The second kappa shape index (κ2) is 4.83. The molecule has 0 spiro atoms. The maximum atomic E-state index is 4.44. The lowest BCUT2D eigenvalue weighted by molar-refractivity contribution is 0.565. The standard InChI is InChI=1S/C15H22N4/c1-11(2)14-12(3)9-13-16-10-17-19(13)15(14)18-7-5-4-6-8-18/h9-11H,4-8H2,1-3H3. The molecule has 19 heavy (non-hydrogen) atoms. The van der Waals surface area contributed by atoms with Crippen LogP contribution < -0.4 is 4.90 Å². The molecule has 3 rings (SSSR count). The summed E-state index contributed by atoms with van der Waals surface area (Å²) >= 11 is 0. The van der Waals surface area contributed by atoms with Crippen molar-refractivity contribution < 1.29 is 0 Å². The van der Waals surface area contributed by atoms with Crippen molar-refractivity contribution in [2.45, 2.75) is 46.0 Å². The van der Waals surface area contributed by atoms with Gasteiger partial charge in [0, 0.05) is 18.7 Å². The molecule has 0 radical (unpaired) electrons. The Morgan fingerprint density at radius 2 is 1.89 bits per heavy atom. The van der Waals surface area contributed by atoms with Gasteiger partial charge in [-0.2, -0.15) is 9.61 Å². The predicted octanol–water partition coefficient (Wildman–Crippen LogP) is 3.15. The number of fused-ring (bicyclic) bond motifs is 1. The Kier molecular flexibility index (Phi) is 3.17. The fourth-order valence-corrected chi connectivity index (χ4v) is 3.20.